The molecule has 1 fully saturated rings. The summed E-state index contributed by atoms with van der Waals surface area (Å²) in [6, 6.07) is 11.3. The number of rotatable bonds is 3. The van der Waals surface area contributed by atoms with Crippen molar-refractivity contribution in [2.45, 2.75) is 26.2 Å². The van der Waals surface area contributed by atoms with Crippen molar-refractivity contribution < 1.29 is 14.0 Å². The number of halogens is 1. The summed E-state index contributed by atoms with van der Waals surface area (Å²) >= 11 is 0. The van der Waals surface area contributed by atoms with Gasteiger partial charge in [-0.3, -0.25) is 9.59 Å². The van der Waals surface area contributed by atoms with Crippen LogP contribution < -0.4 is 5.32 Å². The number of nitrogens with one attached hydrogen (secondary N) is 1. The van der Waals surface area contributed by atoms with Crippen molar-refractivity contribution in [2.75, 3.05) is 18.4 Å². The van der Waals surface area contributed by atoms with Gasteiger partial charge in [0, 0.05) is 18.7 Å². The lowest BCUT2D eigenvalue weighted by Gasteiger charge is -2.27. The standard InChI is InChI=1S/C20H21FN2O2/c1-14-9-10-15(13-17(14)21)19(24)22-18-8-4-3-7-16(18)20(25)23-11-5-2-6-12-23/h3-4,7-10,13H,2,5-6,11-12H2,1H3,(H,22,24). The number of hydrogen-bond donors (Lipinski definition) is 1. The molecule has 130 valence electrons. The predicted molar refractivity (Wildman–Crippen MR) is 95.3 cm³/mol. The van der Waals surface area contributed by atoms with Crippen molar-refractivity contribution in [1.82, 2.24) is 4.90 Å². The highest BCUT2D eigenvalue weighted by atomic mass is 19.1. The van der Waals surface area contributed by atoms with Gasteiger partial charge in [-0.1, -0.05) is 18.2 Å². The van der Waals surface area contributed by atoms with E-state index in [0.717, 1.165) is 32.4 Å². The molecule has 1 saturated heterocycles. The summed E-state index contributed by atoms with van der Waals surface area (Å²) in [5.74, 6) is -0.936. The van der Waals surface area contributed by atoms with Gasteiger partial charge in [-0.2, -0.15) is 0 Å². The molecule has 3 rings (SSSR count). The summed E-state index contributed by atoms with van der Waals surface area (Å²) in [4.78, 5) is 27.0. The van der Waals surface area contributed by atoms with E-state index in [4.69, 9.17) is 0 Å². The maximum absolute atomic E-state index is 13.7. The van der Waals surface area contributed by atoms with Crippen LogP contribution in [-0.4, -0.2) is 29.8 Å². The summed E-state index contributed by atoms with van der Waals surface area (Å²) in [5.41, 5.74) is 1.62. The number of likely N-dealkylation sites (tertiary alicyclic amines) is 1. The van der Waals surface area contributed by atoms with Crippen molar-refractivity contribution in [3.05, 3.63) is 65.0 Å². The Morgan fingerprint density at radius 2 is 1.76 bits per heavy atom. The number of nitrogens with zero attached hydrogens (tertiary/aromatic N) is 1. The largest absolute Gasteiger partial charge is 0.339 e. The van der Waals surface area contributed by atoms with Crippen LogP contribution in [0.2, 0.25) is 0 Å². The molecule has 0 aliphatic carbocycles. The summed E-state index contributed by atoms with van der Waals surface area (Å²) in [6.45, 7) is 3.12. The highest BCUT2D eigenvalue weighted by Crippen LogP contribution is 2.21. The molecule has 1 heterocycles. The molecule has 0 saturated carbocycles. The number of amides is 2. The Hall–Kier alpha value is -2.69. The lowest BCUT2D eigenvalue weighted by molar-refractivity contribution is 0.0725. The van der Waals surface area contributed by atoms with Gasteiger partial charge in [0.05, 0.1) is 11.3 Å². The van der Waals surface area contributed by atoms with E-state index in [-0.39, 0.29) is 11.5 Å². The fourth-order valence-electron chi connectivity index (χ4n) is 2.97. The highest BCUT2D eigenvalue weighted by molar-refractivity contribution is 6.09. The van der Waals surface area contributed by atoms with Gasteiger partial charge in [-0.05, 0) is 56.0 Å². The van der Waals surface area contributed by atoms with Crippen molar-refractivity contribution in [1.29, 1.82) is 0 Å². The molecule has 5 heteroatoms. The minimum absolute atomic E-state index is 0.0781. The second kappa shape index (κ2) is 7.47. The van der Waals surface area contributed by atoms with E-state index in [1.807, 2.05) is 4.90 Å². The van der Waals surface area contributed by atoms with E-state index < -0.39 is 11.7 Å². The fourth-order valence-corrected chi connectivity index (χ4v) is 2.97. The minimum Gasteiger partial charge on any atom is -0.339 e. The zero-order valence-electron chi connectivity index (χ0n) is 14.2. The van der Waals surface area contributed by atoms with Gasteiger partial charge in [0.15, 0.2) is 0 Å². The Bertz CT molecular complexity index is 798. The summed E-state index contributed by atoms with van der Waals surface area (Å²) in [7, 11) is 0. The molecule has 0 radical (unpaired) electrons. The van der Waals surface area contributed by atoms with Gasteiger partial charge in [0.2, 0.25) is 0 Å². The second-order valence-corrected chi connectivity index (χ2v) is 6.32. The molecular formula is C20H21FN2O2. The lowest BCUT2D eigenvalue weighted by Crippen LogP contribution is -2.36. The highest BCUT2D eigenvalue weighted by Gasteiger charge is 2.21. The summed E-state index contributed by atoms with van der Waals surface area (Å²) in [6.07, 6.45) is 3.15. The van der Waals surface area contributed by atoms with Crippen molar-refractivity contribution in [3.8, 4) is 0 Å². The molecular weight excluding hydrogens is 319 g/mol. The maximum Gasteiger partial charge on any atom is 0.255 e. The molecule has 1 aliphatic rings. The Morgan fingerprint density at radius 3 is 2.48 bits per heavy atom. The monoisotopic (exact) mass is 340 g/mol. The number of carbonyl (C=O) groups excluding carboxylic acids is 2. The van der Waals surface area contributed by atoms with Crippen LogP contribution in [0.5, 0.6) is 0 Å². The predicted octanol–water partition coefficient (Wildman–Crippen LogP) is 4.01. The Balaban J connectivity index is 1.81. The third kappa shape index (κ3) is 3.87. The second-order valence-electron chi connectivity index (χ2n) is 6.32. The number of anilines is 1. The van der Waals surface area contributed by atoms with E-state index >= 15 is 0 Å². The van der Waals surface area contributed by atoms with E-state index in [0.29, 0.717) is 16.8 Å². The molecule has 2 aromatic carbocycles. The molecule has 25 heavy (non-hydrogen) atoms. The van der Waals surface area contributed by atoms with Crippen LogP contribution in [0.15, 0.2) is 42.5 Å². The van der Waals surface area contributed by atoms with Gasteiger partial charge >= 0.3 is 0 Å². The molecule has 0 unspecified atom stereocenters. The van der Waals surface area contributed by atoms with Crippen LogP contribution in [0.4, 0.5) is 10.1 Å². The number of aryl methyl sites for hydroxylation is 1. The SMILES string of the molecule is Cc1ccc(C(=O)Nc2ccccc2C(=O)N2CCCCC2)cc1F. The topological polar surface area (TPSA) is 49.4 Å². The van der Waals surface area contributed by atoms with E-state index in [9.17, 15) is 14.0 Å². The first-order valence-electron chi connectivity index (χ1n) is 8.52. The number of benzene rings is 2. The molecule has 0 spiro atoms. The molecule has 1 aliphatic heterocycles. The van der Waals surface area contributed by atoms with Crippen molar-refractivity contribution in [3.63, 3.8) is 0 Å². The molecule has 4 nitrogen and oxygen atoms in total. The average molecular weight is 340 g/mol. The number of piperidine rings is 1. The van der Waals surface area contributed by atoms with Crippen molar-refractivity contribution in [2.24, 2.45) is 0 Å². The van der Waals surface area contributed by atoms with E-state index in [1.54, 1.807) is 43.3 Å². The van der Waals surface area contributed by atoms with E-state index in [2.05, 4.69) is 5.32 Å². The zero-order chi connectivity index (χ0) is 17.8. The summed E-state index contributed by atoms with van der Waals surface area (Å²) < 4.78 is 13.7. The first-order chi connectivity index (χ1) is 12.1. The van der Waals surface area contributed by atoms with E-state index in [1.165, 1.54) is 6.07 Å². The van der Waals surface area contributed by atoms with Gasteiger partial charge in [0.1, 0.15) is 5.82 Å². The molecule has 1 N–H and O–H groups in total. The first kappa shape index (κ1) is 17.1. The number of carbonyl (C=O) groups is 2. The Kier molecular flexibility index (Phi) is 5.12. The maximum atomic E-state index is 13.7. The van der Waals surface area contributed by atoms with Gasteiger partial charge in [-0.15, -0.1) is 0 Å². The fraction of sp³-hybridized carbons (Fsp3) is 0.300. The normalized spacial score (nSPS) is 14.2. The first-order valence-corrected chi connectivity index (χ1v) is 8.52. The van der Waals surface area contributed by atoms with Crippen LogP contribution in [-0.2, 0) is 0 Å². The quantitative estimate of drug-likeness (QED) is 0.918. The number of hydrogen-bond acceptors (Lipinski definition) is 2. The van der Waals surface area contributed by atoms with Crippen LogP contribution >= 0.6 is 0 Å². The summed E-state index contributed by atoms with van der Waals surface area (Å²) in [5, 5.41) is 2.74. The molecule has 0 bridgehead atoms. The molecule has 0 aromatic heterocycles. The van der Waals surface area contributed by atoms with Crippen LogP contribution in [0.1, 0.15) is 45.5 Å². The van der Waals surface area contributed by atoms with Gasteiger partial charge in [0.25, 0.3) is 11.8 Å². The van der Waals surface area contributed by atoms with Crippen LogP contribution in [0.25, 0.3) is 0 Å². The molecule has 2 amide bonds. The minimum atomic E-state index is -0.433. The van der Waals surface area contributed by atoms with Crippen molar-refractivity contribution >= 4 is 17.5 Å². The molecule has 2 aromatic rings. The Labute approximate surface area is 146 Å². The Morgan fingerprint density at radius 1 is 1.04 bits per heavy atom. The van der Waals surface area contributed by atoms with Crippen LogP contribution in [0, 0.1) is 12.7 Å². The number of para-hydroxylation sites is 1. The van der Waals surface area contributed by atoms with Crippen LogP contribution in [0.3, 0.4) is 0 Å². The van der Waals surface area contributed by atoms with Gasteiger partial charge in [-0.25, -0.2) is 4.39 Å². The third-order valence-corrected chi connectivity index (χ3v) is 4.48. The average Bonchev–Trinajstić information content (AvgIpc) is 2.64. The van der Waals surface area contributed by atoms with Gasteiger partial charge < -0.3 is 10.2 Å². The molecule has 0 atom stereocenters. The smallest absolute Gasteiger partial charge is 0.255 e. The zero-order valence-corrected chi connectivity index (χ0v) is 14.2. The lowest BCUT2D eigenvalue weighted by atomic mass is 10.1. The third-order valence-electron chi connectivity index (χ3n) is 4.48.